The lowest BCUT2D eigenvalue weighted by atomic mass is 9.85. The van der Waals surface area contributed by atoms with Gasteiger partial charge in [-0.05, 0) is 33.1 Å². The first-order chi connectivity index (χ1) is 6.04. The second kappa shape index (κ2) is 5.66. The molecular weight excluding hydrogens is 159 g/mol. The van der Waals surface area contributed by atoms with Crippen LogP contribution in [0.25, 0.3) is 0 Å². The normalized spacial score (nSPS) is 12.8. The third kappa shape index (κ3) is 2.99. The molecule has 0 atom stereocenters. The van der Waals surface area contributed by atoms with Gasteiger partial charge in [0.1, 0.15) is 7.85 Å². The highest BCUT2D eigenvalue weighted by Crippen LogP contribution is 2.15. The van der Waals surface area contributed by atoms with Crippen LogP contribution in [0, 0.1) is 0 Å². The minimum Gasteiger partial charge on any atom is -0.294 e. The van der Waals surface area contributed by atoms with Gasteiger partial charge in [0.2, 0.25) is 0 Å². The Balaban J connectivity index is 4.48. The van der Waals surface area contributed by atoms with E-state index in [-0.39, 0.29) is 5.56 Å². The molecule has 2 nitrogen and oxygen atoms in total. The van der Waals surface area contributed by atoms with Gasteiger partial charge in [-0.2, -0.15) is 0 Å². The third-order valence-corrected chi connectivity index (χ3v) is 3.07. The van der Waals surface area contributed by atoms with Crippen molar-refractivity contribution in [2.24, 2.45) is 0 Å². The lowest BCUT2D eigenvalue weighted by Crippen LogP contribution is -2.59. The van der Waals surface area contributed by atoms with E-state index in [1.165, 1.54) is 0 Å². The maximum absolute atomic E-state index is 2.50. The van der Waals surface area contributed by atoms with Gasteiger partial charge in [-0.3, -0.25) is 9.80 Å². The van der Waals surface area contributed by atoms with Crippen LogP contribution in [-0.4, -0.2) is 49.4 Å². The zero-order chi connectivity index (χ0) is 10.5. The summed E-state index contributed by atoms with van der Waals surface area (Å²) in [5.74, 6) is 0. The van der Waals surface area contributed by atoms with Gasteiger partial charge in [-0.1, -0.05) is 27.7 Å². The molecular formula is C10H25BN2. The van der Waals surface area contributed by atoms with Crippen LogP contribution in [0.2, 0.25) is 0 Å². The van der Waals surface area contributed by atoms with Crippen LogP contribution in [0.1, 0.15) is 34.6 Å². The van der Waals surface area contributed by atoms with Crippen molar-refractivity contribution in [3.8, 4) is 0 Å². The SMILES string of the molecule is BC(C)(N(CC)CC)N(CC)CC. The van der Waals surface area contributed by atoms with E-state index >= 15 is 0 Å². The van der Waals surface area contributed by atoms with Gasteiger partial charge in [0.05, 0.1) is 0 Å². The number of hydrogen-bond donors (Lipinski definition) is 0. The second-order valence-corrected chi connectivity index (χ2v) is 3.84. The van der Waals surface area contributed by atoms with Crippen molar-refractivity contribution < 1.29 is 0 Å². The van der Waals surface area contributed by atoms with E-state index < -0.39 is 0 Å². The van der Waals surface area contributed by atoms with E-state index in [0.29, 0.717) is 0 Å². The van der Waals surface area contributed by atoms with E-state index in [9.17, 15) is 0 Å². The Morgan fingerprint density at radius 3 is 1.23 bits per heavy atom. The standard InChI is InChI=1S/C10H25BN2/c1-6-12(7-2)10(5,11)13(8-3)9-4/h6-9,11H2,1-5H3. The minimum absolute atomic E-state index is 0.201. The van der Waals surface area contributed by atoms with E-state index in [4.69, 9.17) is 0 Å². The molecule has 0 aromatic heterocycles. The first-order valence-corrected chi connectivity index (χ1v) is 5.54. The lowest BCUT2D eigenvalue weighted by Gasteiger charge is -2.46. The van der Waals surface area contributed by atoms with E-state index in [1.807, 2.05) is 0 Å². The fraction of sp³-hybridized carbons (Fsp3) is 1.00. The quantitative estimate of drug-likeness (QED) is 0.448. The molecule has 0 aromatic rings. The highest BCUT2D eigenvalue weighted by Gasteiger charge is 2.28. The molecule has 0 aromatic carbocycles. The van der Waals surface area contributed by atoms with Crippen LogP contribution in [-0.2, 0) is 0 Å². The molecule has 0 aliphatic carbocycles. The third-order valence-electron chi connectivity index (χ3n) is 3.07. The molecule has 0 bridgehead atoms. The summed E-state index contributed by atoms with van der Waals surface area (Å²) in [7, 11) is 2.31. The molecule has 0 fully saturated rings. The summed E-state index contributed by atoms with van der Waals surface area (Å²) >= 11 is 0. The molecule has 0 N–H and O–H groups in total. The van der Waals surface area contributed by atoms with Crippen molar-refractivity contribution in [3.05, 3.63) is 0 Å². The molecule has 0 rings (SSSR count). The van der Waals surface area contributed by atoms with Gasteiger partial charge in [-0.15, -0.1) is 0 Å². The number of hydrogen-bond acceptors (Lipinski definition) is 2. The highest BCUT2D eigenvalue weighted by molar-refractivity contribution is 6.14. The molecule has 0 amide bonds. The summed E-state index contributed by atoms with van der Waals surface area (Å²) in [5.41, 5.74) is 0.201. The van der Waals surface area contributed by atoms with Gasteiger partial charge >= 0.3 is 0 Å². The van der Waals surface area contributed by atoms with E-state index in [1.54, 1.807) is 0 Å². The monoisotopic (exact) mass is 184 g/mol. The summed E-state index contributed by atoms with van der Waals surface area (Å²) in [6.07, 6.45) is 0. The summed E-state index contributed by atoms with van der Waals surface area (Å²) in [6.45, 7) is 15.7. The van der Waals surface area contributed by atoms with Crippen molar-refractivity contribution in [2.45, 2.75) is 40.2 Å². The number of rotatable bonds is 6. The molecule has 0 radical (unpaired) electrons. The maximum atomic E-state index is 2.50. The fourth-order valence-corrected chi connectivity index (χ4v) is 2.19. The first-order valence-electron chi connectivity index (χ1n) is 5.54. The van der Waals surface area contributed by atoms with Crippen LogP contribution < -0.4 is 0 Å². The Morgan fingerprint density at radius 2 is 1.08 bits per heavy atom. The van der Waals surface area contributed by atoms with Crippen molar-refractivity contribution in [3.63, 3.8) is 0 Å². The first kappa shape index (κ1) is 13.0. The highest BCUT2D eigenvalue weighted by atomic mass is 15.4. The molecule has 3 heteroatoms. The molecule has 13 heavy (non-hydrogen) atoms. The Labute approximate surface area is 84.7 Å². The Bertz CT molecular complexity index is 115. The summed E-state index contributed by atoms with van der Waals surface area (Å²) in [6, 6.07) is 0. The van der Waals surface area contributed by atoms with Crippen molar-refractivity contribution >= 4 is 7.85 Å². The predicted octanol–water partition coefficient (Wildman–Crippen LogP) is 0.977. The average Bonchev–Trinajstić information content (AvgIpc) is 2.07. The smallest absolute Gasteiger partial charge is 0.146 e. The predicted molar refractivity (Wildman–Crippen MR) is 62.8 cm³/mol. The molecule has 0 aliphatic rings. The zero-order valence-corrected chi connectivity index (χ0v) is 10.2. The van der Waals surface area contributed by atoms with Gasteiger partial charge in [-0.25, -0.2) is 0 Å². The van der Waals surface area contributed by atoms with Crippen molar-refractivity contribution in [2.75, 3.05) is 26.2 Å². The van der Waals surface area contributed by atoms with Crippen LogP contribution in [0.4, 0.5) is 0 Å². The van der Waals surface area contributed by atoms with Crippen LogP contribution in [0.5, 0.6) is 0 Å². The zero-order valence-electron chi connectivity index (χ0n) is 10.2. The Hall–Kier alpha value is -0.0151. The fourth-order valence-electron chi connectivity index (χ4n) is 2.19. The molecule has 0 heterocycles. The van der Waals surface area contributed by atoms with Gasteiger partial charge < -0.3 is 0 Å². The summed E-state index contributed by atoms with van der Waals surface area (Å²) in [5, 5.41) is 0. The van der Waals surface area contributed by atoms with Crippen LogP contribution in [0.3, 0.4) is 0 Å². The second-order valence-electron chi connectivity index (χ2n) is 3.84. The summed E-state index contributed by atoms with van der Waals surface area (Å²) in [4.78, 5) is 5.00. The number of nitrogens with zero attached hydrogens (tertiary/aromatic N) is 2. The lowest BCUT2D eigenvalue weighted by molar-refractivity contribution is 0.0333. The van der Waals surface area contributed by atoms with Crippen molar-refractivity contribution in [1.82, 2.24) is 9.80 Å². The van der Waals surface area contributed by atoms with Crippen LogP contribution >= 0.6 is 0 Å². The van der Waals surface area contributed by atoms with Gasteiger partial charge in [0.25, 0.3) is 0 Å². The van der Waals surface area contributed by atoms with E-state index in [0.717, 1.165) is 26.2 Å². The molecule has 0 saturated heterocycles. The maximum Gasteiger partial charge on any atom is 0.146 e. The van der Waals surface area contributed by atoms with Gasteiger partial charge in [0, 0.05) is 5.56 Å². The Kier molecular flexibility index (Phi) is 5.65. The topological polar surface area (TPSA) is 6.48 Å². The molecule has 0 unspecified atom stereocenters. The van der Waals surface area contributed by atoms with Gasteiger partial charge in [0.15, 0.2) is 0 Å². The minimum atomic E-state index is 0.201. The molecule has 0 saturated carbocycles. The van der Waals surface area contributed by atoms with E-state index in [2.05, 4.69) is 52.3 Å². The largest absolute Gasteiger partial charge is 0.294 e. The molecule has 0 spiro atoms. The Morgan fingerprint density at radius 1 is 0.846 bits per heavy atom. The van der Waals surface area contributed by atoms with Crippen LogP contribution in [0.15, 0.2) is 0 Å². The van der Waals surface area contributed by atoms with Crippen molar-refractivity contribution in [1.29, 1.82) is 0 Å². The summed E-state index contributed by atoms with van der Waals surface area (Å²) < 4.78 is 0. The molecule has 0 aliphatic heterocycles. The molecule has 78 valence electrons. The average molecular weight is 184 g/mol.